The van der Waals surface area contributed by atoms with Crippen molar-refractivity contribution in [3.05, 3.63) is 39.4 Å². The first-order valence-corrected chi connectivity index (χ1v) is 7.31. The minimum absolute atomic E-state index is 0.0664. The van der Waals surface area contributed by atoms with Gasteiger partial charge < -0.3 is 10.4 Å². The van der Waals surface area contributed by atoms with Crippen LogP contribution in [-0.4, -0.2) is 38.5 Å². The summed E-state index contributed by atoms with van der Waals surface area (Å²) in [5.41, 5.74) is 0.718. The molecule has 1 aliphatic heterocycles. The quantitative estimate of drug-likeness (QED) is 0.473. The number of carboxylic acid groups (broad SMARTS) is 1. The number of nitro groups is 1. The molecule has 2 rings (SSSR count). The third-order valence-electron chi connectivity index (χ3n) is 2.93. The van der Waals surface area contributed by atoms with Gasteiger partial charge in [0, 0.05) is 5.56 Å². The number of benzene rings is 1. The summed E-state index contributed by atoms with van der Waals surface area (Å²) in [6, 6.07) is 4.80. The van der Waals surface area contributed by atoms with Crippen LogP contribution < -0.4 is 5.32 Å². The fourth-order valence-corrected chi connectivity index (χ4v) is 2.84. The molecule has 0 aromatic heterocycles. The maximum atomic E-state index is 11.5. The van der Waals surface area contributed by atoms with Crippen molar-refractivity contribution in [1.82, 2.24) is 5.32 Å². The lowest BCUT2D eigenvalue weighted by molar-refractivity contribution is -0.385. The number of para-hydroxylation sites is 1. The lowest BCUT2D eigenvalue weighted by Gasteiger charge is -1.99. The molecule has 0 saturated carbocycles. The average molecular weight is 336 g/mol. The second kappa shape index (κ2) is 7.01. The van der Waals surface area contributed by atoms with Crippen molar-refractivity contribution in [2.75, 3.05) is 0 Å². The number of hydrogen-bond donors (Lipinski definition) is 2. The maximum absolute atomic E-state index is 11.5. The number of amidine groups is 1. The zero-order chi connectivity index (χ0) is 17.0. The molecule has 0 radical (unpaired) electrons. The number of nitrogens with one attached hydrogen (secondary N) is 1. The van der Waals surface area contributed by atoms with Gasteiger partial charge in [-0.1, -0.05) is 23.9 Å². The molecule has 1 amide bonds. The number of aliphatic carboxylic acids is 1. The number of carbonyl (C=O) groups is 2. The van der Waals surface area contributed by atoms with E-state index in [9.17, 15) is 19.7 Å². The topological polar surface area (TPSA) is 134 Å². The monoisotopic (exact) mass is 336 g/mol. The van der Waals surface area contributed by atoms with Crippen molar-refractivity contribution in [2.24, 2.45) is 10.2 Å². The molecule has 1 aromatic rings. The van der Waals surface area contributed by atoms with Crippen molar-refractivity contribution < 1.29 is 19.6 Å². The van der Waals surface area contributed by atoms with Crippen LogP contribution in [0.25, 0.3) is 0 Å². The molecular formula is C13H12N4O5S. The van der Waals surface area contributed by atoms with E-state index in [1.165, 1.54) is 12.3 Å². The van der Waals surface area contributed by atoms with Gasteiger partial charge in [-0.05, 0) is 13.0 Å². The third kappa shape index (κ3) is 4.13. The Kier molecular flexibility index (Phi) is 5.06. The van der Waals surface area contributed by atoms with E-state index in [0.29, 0.717) is 5.56 Å². The van der Waals surface area contributed by atoms with Gasteiger partial charge in [-0.3, -0.25) is 19.7 Å². The molecule has 1 saturated heterocycles. The molecule has 23 heavy (non-hydrogen) atoms. The van der Waals surface area contributed by atoms with Crippen LogP contribution in [0.5, 0.6) is 0 Å². The molecule has 1 aromatic carbocycles. The first-order valence-electron chi connectivity index (χ1n) is 6.43. The Bertz CT molecular complexity index is 731. The highest BCUT2D eigenvalue weighted by Crippen LogP contribution is 2.23. The molecular weight excluding hydrogens is 324 g/mol. The molecule has 9 nitrogen and oxygen atoms in total. The van der Waals surface area contributed by atoms with Crippen molar-refractivity contribution in [3.63, 3.8) is 0 Å². The molecule has 2 N–H and O–H groups in total. The number of nitrogens with zero attached hydrogens (tertiary/aromatic N) is 3. The summed E-state index contributed by atoms with van der Waals surface area (Å²) in [5.74, 6) is -1.54. The molecule has 1 atom stereocenters. The number of aryl methyl sites for hydroxylation is 1. The molecule has 0 aliphatic carbocycles. The number of carboxylic acids is 1. The highest BCUT2D eigenvalue weighted by Gasteiger charge is 2.32. The van der Waals surface area contributed by atoms with Crippen molar-refractivity contribution in [2.45, 2.75) is 18.6 Å². The average Bonchev–Trinajstić information content (AvgIpc) is 2.78. The van der Waals surface area contributed by atoms with Crippen LogP contribution in [0.1, 0.15) is 17.5 Å². The Labute approximate surface area is 134 Å². The second-order valence-electron chi connectivity index (χ2n) is 4.61. The predicted molar refractivity (Wildman–Crippen MR) is 84.6 cm³/mol. The lowest BCUT2D eigenvalue weighted by atomic mass is 10.1. The Morgan fingerprint density at radius 2 is 2.30 bits per heavy atom. The van der Waals surface area contributed by atoms with Gasteiger partial charge in [0.2, 0.25) is 5.91 Å². The number of nitro benzene ring substituents is 1. The largest absolute Gasteiger partial charge is 0.481 e. The van der Waals surface area contributed by atoms with Crippen LogP contribution in [0.3, 0.4) is 0 Å². The Hall–Kier alpha value is -2.75. The standard InChI is InChI=1S/C13H12N4O5S/c1-7-3-2-4-8(11(7)17(21)22)6-14-16-13-15-12(20)9(23-13)5-10(18)19/h2-4,6,9H,5H2,1H3,(H,18,19)(H,15,16,20). The van der Waals surface area contributed by atoms with E-state index in [0.717, 1.165) is 11.8 Å². The zero-order valence-electron chi connectivity index (χ0n) is 11.9. The summed E-state index contributed by atoms with van der Waals surface area (Å²) >= 11 is 0.957. The lowest BCUT2D eigenvalue weighted by Crippen LogP contribution is -2.26. The summed E-state index contributed by atoms with van der Waals surface area (Å²) < 4.78 is 0. The van der Waals surface area contributed by atoms with Crippen molar-refractivity contribution in [3.8, 4) is 0 Å². The van der Waals surface area contributed by atoms with Gasteiger partial charge in [0.25, 0.3) is 5.69 Å². The number of hydrogen-bond acceptors (Lipinski definition) is 7. The van der Waals surface area contributed by atoms with Gasteiger partial charge in [-0.15, -0.1) is 5.10 Å². The van der Waals surface area contributed by atoms with Gasteiger partial charge in [0.05, 0.1) is 23.1 Å². The molecule has 1 heterocycles. The summed E-state index contributed by atoms with van der Waals surface area (Å²) in [7, 11) is 0. The van der Waals surface area contributed by atoms with Crippen LogP contribution >= 0.6 is 11.8 Å². The van der Waals surface area contributed by atoms with E-state index < -0.39 is 22.0 Å². The molecule has 10 heteroatoms. The first-order chi connectivity index (χ1) is 10.9. The molecule has 1 unspecified atom stereocenters. The van der Waals surface area contributed by atoms with E-state index >= 15 is 0 Å². The van der Waals surface area contributed by atoms with Gasteiger partial charge >= 0.3 is 5.97 Å². The summed E-state index contributed by atoms with van der Waals surface area (Å²) in [4.78, 5) is 32.7. The number of carbonyl (C=O) groups excluding carboxylic acids is 1. The molecule has 0 spiro atoms. The minimum Gasteiger partial charge on any atom is -0.481 e. The van der Waals surface area contributed by atoms with Crippen molar-refractivity contribution >= 4 is 40.7 Å². The normalized spacial score (nSPS) is 19.3. The fourth-order valence-electron chi connectivity index (χ4n) is 1.92. The molecule has 0 bridgehead atoms. The summed E-state index contributed by atoms with van der Waals surface area (Å²) in [5, 5.41) is 29.0. The fraction of sp³-hybridized carbons (Fsp3) is 0.231. The highest BCUT2D eigenvalue weighted by molar-refractivity contribution is 8.15. The van der Waals surface area contributed by atoms with E-state index in [-0.39, 0.29) is 22.8 Å². The van der Waals surface area contributed by atoms with Gasteiger partial charge in [0.1, 0.15) is 5.25 Å². The minimum atomic E-state index is -1.09. The Morgan fingerprint density at radius 1 is 1.57 bits per heavy atom. The molecule has 120 valence electrons. The number of amides is 1. The maximum Gasteiger partial charge on any atom is 0.305 e. The zero-order valence-corrected chi connectivity index (χ0v) is 12.7. The van der Waals surface area contributed by atoms with Gasteiger partial charge in [0.15, 0.2) is 5.17 Å². The van der Waals surface area contributed by atoms with E-state index in [2.05, 4.69) is 15.5 Å². The SMILES string of the molecule is Cc1cccc(C=NN=C2NC(=O)C(CC(=O)O)S2)c1[N+](=O)[O-]. The summed E-state index contributed by atoms with van der Waals surface area (Å²) in [6.07, 6.45) is 0.901. The predicted octanol–water partition coefficient (Wildman–Crippen LogP) is 1.30. The molecule has 1 fully saturated rings. The number of thioether (sulfide) groups is 1. The van der Waals surface area contributed by atoms with Gasteiger partial charge in [-0.25, -0.2) is 0 Å². The molecule has 1 aliphatic rings. The van der Waals surface area contributed by atoms with E-state index in [1.807, 2.05) is 0 Å². The van der Waals surface area contributed by atoms with Crippen LogP contribution in [-0.2, 0) is 9.59 Å². The van der Waals surface area contributed by atoms with Crippen molar-refractivity contribution in [1.29, 1.82) is 0 Å². The number of rotatable bonds is 5. The van der Waals surface area contributed by atoms with E-state index in [4.69, 9.17) is 5.11 Å². The Morgan fingerprint density at radius 3 is 2.96 bits per heavy atom. The Balaban J connectivity index is 2.14. The smallest absolute Gasteiger partial charge is 0.305 e. The first kappa shape index (κ1) is 16.6. The highest BCUT2D eigenvalue weighted by atomic mass is 32.2. The third-order valence-corrected chi connectivity index (χ3v) is 4.01. The van der Waals surface area contributed by atoms with Gasteiger partial charge in [-0.2, -0.15) is 5.10 Å². The van der Waals surface area contributed by atoms with Crippen LogP contribution in [0.2, 0.25) is 0 Å². The van der Waals surface area contributed by atoms with Crippen LogP contribution in [0.4, 0.5) is 5.69 Å². The van der Waals surface area contributed by atoms with Crippen LogP contribution in [0, 0.1) is 17.0 Å². The van der Waals surface area contributed by atoms with E-state index in [1.54, 1.807) is 19.1 Å². The summed E-state index contributed by atoms with van der Waals surface area (Å²) in [6.45, 7) is 1.62. The van der Waals surface area contributed by atoms with Crippen LogP contribution in [0.15, 0.2) is 28.4 Å². The second-order valence-corrected chi connectivity index (χ2v) is 5.80.